The first-order valence-electron chi connectivity index (χ1n) is 5.50. The minimum atomic E-state index is 0.0889. The maximum atomic E-state index is 8.49. The molecule has 0 amide bonds. The summed E-state index contributed by atoms with van der Waals surface area (Å²) in [6, 6.07) is 0. The molecule has 6 heteroatoms. The summed E-state index contributed by atoms with van der Waals surface area (Å²) in [6.07, 6.45) is 0.927. The summed E-state index contributed by atoms with van der Waals surface area (Å²) >= 11 is 0. The van der Waals surface area contributed by atoms with E-state index in [1.54, 1.807) is 0 Å². The highest BCUT2D eigenvalue weighted by atomic mass is 16.5. The molecule has 0 fully saturated rings. The van der Waals surface area contributed by atoms with Crippen LogP contribution in [0.2, 0.25) is 0 Å². The van der Waals surface area contributed by atoms with E-state index in [0.717, 1.165) is 31.2 Å². The lowest BCUT2D eigenvalue weighted by atomic mass is 10.4. The zero-order valence-electron chi connectivity index (χ0n) is 9.94. The molecule has 1 rings (SSSR count). The second kappa shape index (κ2) is 7.32. The third kappa shape index (κ3) is 4.26. The Labute approximate surface area is 95.6 Å². The monoisotopic (exact) mass is 228 g/mol. The summed E-state index contributed by atoms with van der Waals surface area (Å²) in [5, 5.41) is 19.8. The van der Waals surface area contributed by atoms with Crippen LogP contribution in [0.5, 0.6) is 0 Å². The van der Waals surface area contributed by atoms with Gasteiger partial charge in [-0.2, -0.15) is 0 Å². The first kappa shape index (κ1) is 13.1. The van der Waals surface area contributed by atoms with E-state index in [9.17, 15) is 0 Å². The lowest BCUT2D eigenvalue weighted by Crippen LogP contribution is -2.19. The summed E-state index contributed by atoms with van der Waals surface area (Å²) in [4.78, 5) is 0. The largest absolute Gasteiger partial charge is 0.394 e. The molecule has 1 aromatic heterocycles. The third-order valence-electron chi connectivity index (χ3n) is 2.34. The molecule has 6 nitrogen and oxygen atoms in total. The van der Waals surface area contributed by atoms with Crippen molar-refractivity contribution < 1.29 is 9.84 Å². The average molecular weight is 228 g/mol. The number of aliphatic hydroxyl groups excluding tert-OH is 1. The van der Waals surface area contributed by atoms with Crippen LogP contribution in [0.25, 0.3) is 0 Å². The van der Waals surface area contributed by atoms with Crippen molar-refractivity contribution in [1.29, 1.82) is 0 Å². The molecular weight excluding hydrogens is 208 g/mol. The fourth-order valence-electron chi connectivity index (χ4n) is 1.27. The lowest BCUT2D eigenvalue weighted by Gasteiger charge is -2.05. The maximum absolute atomic E-state index is 8.49. The van der Waals surface area contributed by atoms with Gasteiger partial charge in [-0.25, -0.2) is 0 Å². The van der Waals surface area contributed by atoms with Gasteiger partial charge in [0.05, 0.1) is 19.8 Å². The van der Waals surface area contributed by atoms with Crippen LogP contribution >= 0.6 is 0 Å². The Kier molecular flexibility index (Phi) is 5.99. The van der Waals surface area contributed by atoms with E-state index in [1.807, 2.05) is 18.5 Å². The van der Waals surface area contributed by atoms with Crippen molar-refractivity contribution in [1.82, 2.24) is 20.1 Å². The fraction of sp³-hybridized carbons (Fsp3) is 0.800. The van der Waals surface area contributed by atoms with Gasteiger partial charge in [0.2, 0.25) is 0 Å². The fourth-order valence-corrected chi connectivity index (χ4v) is 1.27. The van der Waals surface area contributed by atoms with E-state index in [-0.39, 0.29) is 6.61 Å². The number of aliphatic hydroxyl groups is 1. The van der Waals surface area contributed by atoms with Gasteiger partial charge in [-0.05, 0) is 19.9 Å². The quantitative estimate of drug-likeness (QED) is 0.593. The van der Waals surface area contributed by atoms with Crippen molar-refractivity contribution in [2.24, 2.45) is 7.05 Å². The molecular formula is C10H20N4O2. The van der Waals surface area contributed by atoms with Crippen molar-refractivity contribution in [3.05, 3.63) is 11.6 Å². The van der Waals surface area contributed by atoms with Crippen molar-refractivity contribution in [2.75, 3.05) is 26.4 Å². The Morgan fingerprint density at radius 2 is 2.19 bits per heavy atom. The Morgan fingerprint density at radius 3 is 2.81 bits per heavy atom. The normalized spacial score (nSPS) is 10.9. The van der Waals surface area contributed by atoms with Crippen molar-refractivity contribution in [3.63, 3.8) is 0 Å². The Hall–Kier alpha value is -0.980. The van der Waals surface area contributed by atoms with Gasteiger partial charge < -0.3 is 19.7 Å². The molecule has 0 aliphatic rings. The van der Waals surface area contributed by atoms with Gasteiger partial charge in [-0.1, -0.05) is 0 Å². The van der Waals surface area contributed by atoms with Gasteiger partial charge in [0.1, 0.15) is 11.6 Å². The number of hydrogen-bond acceptors (Lipinski definition) is 5. The van der Waals surface area contributed by atoms with E-state index >= 15 is 0 Å². The molecule has 2 N–H and O–H groups in total. The summed E-state index contributed by atoms with van der Waals surface area (Å²) in [7, 11) is 1.96. The highest BCUT2D eigenvalue weighted by Gasteiger charge is 2.02. The summed E-state index contributed by atoms with van der Waals surface area (Å²) < 4.78 is 7.11. The number of aryl methyl sites for hydroxylation is 1. The van der Waals surface area contributed by atoms with Crippen LogP contribution in [0.3, 0.4) is 0 Å². The Bertz CT molecular complexity index is 301. The molecule has 0 aromatic carbocycles. The number of aromatic nitrogens is 3. The van der Waals surface area contributed by atoms with E-state index in [0.29, 0.717) is 13.2 Å². The SMILES string of the molecule is Cc1nnc(CNCCCOCCO)n1C. The number of rotatable bonds is 8. The summed E-state index contributed by atoms with van der Waals surface area (Å²) in [5.74, 6) is 1.86. The van der Waals surface area contributed by atoms with Crippen LogP contribution in [-0.2, 0) is 18.3 Å². The summed E-state index contributed by atoms with van der Waals surface area (Å²) in [5.41, 5.74) is 0. The number of nitrogens with zero attached hydrogens (tertiary/aromatic N) is 3. The molecule has 0 bridgehead atoms. The smallest absolute Gasteiger partial charge is 0.146 e. The molecule has 16 heavy (non-hydrogen) atoms. The zero-order chi connectivity index (χ0) is 11.8. The first-order valence-corrected chi connectivity index (χ1v) is 5.50. The molecule has 0 saturated heterocycles. The van der Waals surface area contributed by atoms with Crippen LogP contribution in [0.1, 0.15) is 18.1 Å². The van der Waals surface area contributed by atoms with Crippen molar-refractivity contribution in [3.8, 4) is 0 Å². The van der Waals surface area contributed by atoms with E-state index in [2.05, 4.69) is 15.5 Å². The molecule has 0 atom stereocenters. The van der Waals surface area contributed by atoms with Crippen LogP contribution in [0, 0.1) is 6.92 Å². The van der Waals surface area contributed by atoms with Gasteiger partial charge in [-0.3, -0.25) is 0 Å². The standard InChI is InChI=1S/C10H20N4O2/c1-9-12-13-10(14(9)2)8-11-4-3-6-16-7-5-15/h11,15H,3-8H2,1-2H3. The van der Waals surface area contributed by atoms with Crippen molar-refractivity contribution >= 4 is 0 Å². The third-order valence-corrected chi connectivity index (χ3v) is 2.34. The predicted octanol–water partition coefficient (Wildman–Crippen LogP) is -0.388. The highest BCUT2D eigenvalue weighted by molar-refractivity contribution is 4.91. The number of hydrogen-bond donors (Lipinski definition) is 2. The molecule has 1 aromatic rings. The molecule has 0 saturated carbocycles. The molecule has 0 unspecified atom stereocenters. The first-order chi connectivity index (χ1) is 7.75. The van der Waals surface area contributed by atoms with Crippen LogP contribution in [-0.4, -0.2) is 46.2 Å². The second-order valence-electron chi connectivity index (χ2n) is 3.59. The zero-order valence-corrected chi connectivity index (χ0v) is 9.94. The van der Waals surface area contributed by atoms with Gasteiger partial charge in [0.15, 0.2) is 0 Å². The molecule has 0 spiro atoms. The predicted molar refractivity (Wildman–Crippen MR) is 60.0 cm³/mol. The van der Waals surface area contributed by atoms with Crippen LogP contribution in [0.15, 0.2) is 0 Å². The van der Waals surface area contributed by atoms with Gasteiger partial charge in [0.25, 0.3) is 0 Å². The molecule has 92 valence electrons. The van der Waals surface area contributed by atoms with Crippen molar-refractivity contribution in [2.45, 2.75) is 19.9 Å². The topological polar surface area (TPSA) is 72.2 Å². The van der Waals surface area contributed by atoms with Gasteiger partial charge in [-0.15, -0.1) is 10.2 Å². The van der Waals surface area contributed by atoms with E-state index in [4.69, 9.17) is 9.84 Å². The highest BCUT2D eigenvalue weighted by Crippen LogP contribution is 1.96. The lowest BCUT2D eigenvalue weighted by molar-refractivity contribution is 0.0907. The van der Waals surface area contributed by atoms with E-state index in [1.165, 1.54) is 0 Å². The second-order valence-corrected chi connectivity index (χ2v) is 3.59. The Balaban J connectivity index is 2.05. The molecule has 0 aliphatic carbocycles. The molecule has 1 heterocycles. The molecule has 0 radical (unpaired) electrons. The maximum Gasteiger partial charge on any atom is 0.146 e. The Morgan fingerprint density at radius 1 is 1.38 bits per heavy atom. The van der Waals surface area contributed by atoms with E-state index < -0.39 is 0 Å². The average Bonchev–Trinajstić information content (AvgIpc) is 2.59. The summed E-state index contributed by atoms with van der Waals surface area (Å²) in [6.45, 7) is 4.70. The van der Waals surface area contributed by atoms with Gasteiger partial charge >= 0.3 is 0 Å². The number of ether oxygens (including phenoxy) is 1. The van der Waals surface area contributed by atoms with Crippen LogP contribution in [0.4, 0.5) is 0 Å². The minimum Gasteiger partial charge on any atom is -0.394 e. The molecule has 0 aliphatic heterocycles. The van der Waals surface area contributed by atoms with Crippen LogP contribution < -0.4 is 5.32 Å². The van der Waals surface area contributed by atoms with Gasteiger partial charge in [0, 0.05) is 13.7 Å². The minimum absolute atomic E-state index is 0.0889. The number of nitrogens with one attached hydrogen (secondary N) is 1.